The van der Waals surface area contributed by atoms with Gasteiger partial charge in [-0.2, -0.15) is 0 Å². The molecule has 138 valence electrons. The lowest BCUT2D eigenvalue weighted by Crippen LogP contribution is -2.27. The van der Waals surface area contributed by atoms with E-state index in [1.54, 1.807) is 19.2 Å². The Bertz CT molecular complexity index is 900. The molecule has 0 aliphatic carbocycles. The van der Waals surface area contributed by atoms with Crippen LogP contribution >= 0.6 is 11.6 Å². The van der Waals surface area contributed by atoms with Gasteiger partial charge in [0.25, 0.3) is 5.91 Å². The van der Waals surface area contributed by atoms with Crippen LogP contribution in [0.15, 0.2) is 54.7 Å². The van der Waals surface area contributed by atoms with Gasteiger partial charge in [-0.05, 0) is 43.2 Å². The molecule has 0 saturated heterocycles. The van der Waals surface area contributed by atoms with Crippen molar-refractivity contribution < 1.29 is 4.79 Å². The first-order valence-electron chi connectivity index (χ1n) is 8.62. The van der Waals surface area contributed by atoms with Crippen LogP contribution in [0.4, 0.5) is 5.82 Å². The van der Waals surface area contributed by atoms with Crippen LogP contribution in [-0.4, -0.2) is 27.4 Å². The third kappa shape index (κ3) is 5.76. The maximum Gasteiger partial charge on any atom is 0.270 e. The van der Waals surface area contributed by atoms with Gasteiger partial charge in [0, 0.05) is 23.8 Å². The van der Waals surface area contributed by atoms with Crippen LogP contribution in [0.1, 0.15) is 27.6 Å². The molecule has 1 aromatic carbocycles. The maximum atomic E-state index is 12.4. The van der Waals surface area contributed by atoms with E-state index in [1.807, 2.05) is 42.5 Å². The number of aryl methyl sites for hydroxylation is 1. The molecule has 0 aliphatic rings. The van der Waals surface area contributed by atoms with Crippen molar-refractivity contribution >= 4 is 23.3 Å². The van der Waals surface area contributed by atoms with Gasteiger partial charge < -0.3 is 10.6 Å². The van der Waals surface area contributed by atoms with Crippen LogP contribution in [0.5, 0.6) is 0 Å². The van der Waals surface area contributed by atoms with Gasteiger partial charge >= 0.3 is 0 Å². The molecule has 7 heteroatoms. The molecule has 0 bridgehead atoms. The molecule has 2 N–H and O–H groups in total. The molecule has 6 nitrogen and oxygen atoms in total. The summed E-state index contributed by atoms with van der Waals surface area (Å²) >= 11 is 5.88. The van der Waals surface area contributed by atoms with Crippen molar-refractivity contribution in [1.82, 2.24) is 20.3 Å². The zero-order valence-corrected chi connectivity index (χ0v) is 15.7. The molecule has 3 aromatic rings. The molecule has 0 aliphatic heterocycles. The van der Waals surface area contributed by atoms with Gasteiger partial charge in [-0.3, -0.25) is 9.78 Å². The smallest absolute Gasteiger partial charge is 0.270 e. The zero-order valence-electron chi connectivity index (χ0n) is 14.9. The van der Waals surface area contributed by atoms with E-state index in [-0.39, 0.29) is 5.91 Å². The van der Waals surface area contributed by atoms with Gasteiger partial charge in [0.1, 0.15) is 17.3 Å². The number of amides is 1. The average molecular weight is 382 g/mol. The van der Waals surface area contributed by atoms with Crippen molar-refractivity contribution in [2.24, 2.45) is 0 Å². The van der Waals surface area contributed by atoms with Crippen LogP contribution < -0.4 is 10.6 Å². The number of anilines is 1. The van der Waals surface area contributed by atoms with Crippen molar-refractivity contribution in [2.75, 3.05) is 11.9 Å². The zero-order chi connectivity index (χ0) is 19.1. The summed E-state index contributed by atoms with van der Waals surface area (Å²) in [5, 5.41) is 6.77. The molecule has 1 amide bonds. The lowest BCUT2D eigenvalue weighted by atomic mass is 10.1. The highest BCUT2D eigenvalue weighted by molar-refractivity contribution is 6.30. The van der Waals surface area contributed by atoms with Crippen molar-refractivity contribution in [3.63, 3.8) is 0 Å². The number of nitrogens with one attached hydrogen (secondary N) is 2. The van der Waals surface area contributed by atoms with E-state index >= 15 is 0 Å². The standard InChI is InChI=1S/C20H20ClN5O/c1-14-25-18(12-19(26-14)24-13-17-4-2-3-10-22-17)20(27)23-11-9-15-5-7-16(21)8-6-15/h2-8,10,12H,9,11,13H2,1H3,(H,23,27)(H,24,25,26). The SMILES string of the molecule is Cc1nc(NCc2ccccn2)cc(C(=O)NCCc2ccc(Cl)cc2)n1. The van der Waals surface area contributed by atoms with E-state index < -0.39 is 0 Å². The Morgan fingerprint density at radius 3 is 2.67 bits per heavy atom. The van der Waals surface area contributed by atoms with E-state index in [0.717, 1.165) is 17.7 Å². The Balaban J connectivity index is 1.57. The summed E-state index contributed by atoms with van der Waals surface area (Å²) in [6.45, 7) is 2.80. The van der Waals surface area contributed by atoms with Crippen LogP contribution in [0.3, 0.4) is 0 Å². The van der Waals surface area contributed by atoms with Crippen LogP contribution in [0, 0.1) is 6.92 Å². The quantitative estimate of drug-likeness (QED) is 0.655. The average Bonchev–Trinajstić information content (AvgIpc) is 2.68. The van der Waals surface area contributed by atoms with Crippen LogP contribution in [0.2, 0.25) is 5.02 Å². The summed E-state index contributed by atoms with van der Waals surface area (Å²) in [6, 6.07) is 14.9. The number of aromatic nitrogens is 3. The van der Waals surface area contributed by atoms with Gasteiger partial charge in [0.15, 0.2) is 0 Å². The number of nitrogens with zero attached hydrogens (tertiary/aromatic N) is 3. The highest BCUT2D eigenvalue weighted by Crippen LogP contribution is 2.10. The molecule has 0 saturated carbocycles. The Morgan fingerprint density at radius 2 is 1.93 bits per heavy atom. The molecule has 0 radical (unpaired) electrons. The highest BCUT2D eigenvalue weighted by atomic mass is 35.5. The number of benzene rings is 1. The first-order valence-corrected chi connectivity index (χ1v) is 9.00. The lowest BCUT2D eigenvalue weighted by molar-refractivity contribution is 0.0949. The fourth-order valence-corrected chi connectivity index (χ4v) is 2.65. The van der Waals surface area contributed by atoms with E-state index in [9.17, 15) is 4.79 Å². The largest absolute Gasteiger partial charge is 0.364 e. The van der Waals surface area contributed by atoms with Crippen molar-refractivity contribution in [3.8, 4) is 0 Å². The van der Waals surface area contributed by atoms with Gasteiger partial charge in [0.05, 0.1) is 12.2 Å². The van der Waals surface area contributed by atoms with Gasteiger partial charge in [-0.25, -0.2) is 9.97 Å². The van der Waals surface area contributed by atoms with Crippen LogP contribution in [0.25, 0.3) is 0 Å². The third-order valence-electron chi connectivity index (χ3n) is 3.86. The molecule has 3 rings (SSSR count). The van der Waals surface area contributed by atoms with Crippen molar-refractivity contribution in [2.45, 2.75) is 19.9 Å². The summed E-state index contributed by atoms with van der Waals surface area (Å²) in [5.74, 6) is 0.898. The minimum Gasteiger partial charge on any atom is -0.364 e. The topological polar surface area (TPSA) is 79.8 Å². The number of halogens is 1. The normalized spacial score (nSPS) is 10.4. The van der Waals surface area contributed by atoms with Gasteiger partial charge in [-0.1, -0.05) is 29.8 Å². The predicted octanol–water partition coefficient (Wildman–Crippen LogP) is 3.42. The fraction of sp³-hybridized carbons (Fsp3) is 0.200. The number of rotatable bonds is 7. The van der Waals surface area contributed by atoms with Crippen molar-refractivity contribution in [3.05, 3.63) is 82.5 Å². The molecule has 2 heterocycles. The summed E-state index contributed by atoms with van der Waals surface area (Å²) in [6.07, 6.45) is 2.46. The number of hydrogen-bond acceptors (Lipinski definition) is 5. The Labute approximate surface area is 163 Å². The minimum atomic E-state index is -0.227. The first-order chi connectivity index (χ1) is 13.1. The summed E-state index contributed by atoms with van der Waals surface area (Å²) in [4.78, 5) is 25.2. The van der Waals surface area contributed by atoms with Gasteiger partial charge in [0.2, 0.25) is 0 Å². The van der Waals surface area contributed by atoms with E-state index in [1.165, 1.54) is 0 Å². The molecular formula is C20H20ClN5O. The van der Waals surface area contributed by atoms with E-state index in [0.29, 0.717) is 35.4 Å². The molecule has 2 aromatic heterocycles. The molecular weight excluding hydrogens is 362 g/mol. The highest BCUT2D eigenvalue weighted by Gasteiger charge is 2.10. The van der Waals surface area contributed by atoms with Crippen LogP contribution in [-0.2, 0) is 13.0 Å². The first kappa shape index (κ1) is 18.8. The number of hydrogen-bond donors (Lipinski definition) is 2. The maximum absolute atomic E-state index is 12.4. The fourth-order valence-electron chi connectivity index (χ4n) is 2.52. The number of carbonyl (C=O) groups excluding carboxylic acids is 1. The van der Waals surface area contributed by atoms with Gasteiger partial charge in [-0.15, -0.1) is 0 Å². The predicted molar refractivity (Wildman–Crippen MR) is 106 cm³/mol. The second kappa shape index (κ2) is 9.09. The molecule has 0 fully saturated rings. The Kier molecular flexibility index (Phi) is 6.33. The minimum absolute atomic E-state index is 0.227. The molecule has 0 spiro atoms. The molecule has 0 atom stereocenters. The second-order valence-electron chi connectivity index (χ2n) is 5.99. The van der Waals surface area contributed by atoms with E-state index in [4.69, 9.17) is 11.6 Å². The monoisotopic (exact) mass is 381 g/mol. The number of carbonyl (C=O) groups is 1. The summed E-state index contributed by atoms with van der Waals surface area (Å²) in [7, 11) is 0. The molecule has 0 unspecified atom stereocenters. The number of pyridine rings is 1. The Morgan fingerprint density at radius 1 is 1.11 bits per heavy atom. The third-order valence-corrected chi connectivity index (χ3v) is 4.11. The summed E-state index contributed by atoms with van der Waals surface area (Å²) in [5.41, 5.74) is 2.33. The van der Waals surface area contributed by atoms with E-state index in [2.05, 4.69) is 25.6 Å². The Hall–Kier alpha value is -2.99. The lowest BCUT2D eigenvalue weighted by Gasteiger charge is -2.09. The van der Waals surface area contributed by atoms with Crippen molar-refractivity contribution in [1.29, 1.82) is 0 Å². The second-order valence-corrected chi connectivity index (χ2v) is 6.43. The summed E-state index contributed by atoms with van der Waals surface area (Å²) < 4.78 is 0. The molecule has 27 heavy (non-hydrogen) atoms.